The summed E-state index contributed by atoms with van der Waals surface area (Å²) in [6, 6.07) is 10.9. The maximum absolute atomic E-state index is 12.0. The van der Waals surface area contributed by atoms with Crippen LogP contribution in [-0.4, -0.2) is 22.0 Å². The average molecular weight is 308 g/mol. The number of H-pyrrole nitrogens is 1. The van der Waals surface area contributed by atoms with Crippen molar-refractivity contribution >= 4 is 34.1 Å². The molecule has 0 atom stereocenters. The van der Waals surface area contributed by atoms with Crippen LogP contribution < -0.4 is 10.6 Å². The van der Waals surface area contributed by atoms with Crippen molar-refractivity contribution in [3.63, 3.8) is 0 Å². The van der Waals surface area contributed by atoms with Crippen LogP contribution in [0.2, 0.25) is 0 Å². The summed E-state index contributed by atoms with van der Waals surface area (Å²) in [7, 11) is 0. The Hall–Kier alpha value is -3.15. The summed E-state index contributed by atoms with van der Waals surface area (Å²) in [5.41, 5.74) is 3.95. The van der Waals surface area contributed by atoms with Crippen molar-refractivity contribution in [2.45, 2.75) is 13.8 Å². The highest BCUT2D eigenvalue weighted by Crippen LogP contribution is 2.18. The Balaban J connectivity index is 1.70. The third kappa shape index (κ3) is 3.21. The highest BCUT2D eigenvalue weighted by atomic mass is 16.2. The molecule has 0 spiro atoms. The quantitative estimate of drug-likeness (QED) is 0.636. The van der Waals surface area contributed by atoms with Gasteiger partial charge < -0.3 is 10.6 Å². The molecule has 6 nitrogen and oxygen atoms in total. The molecule has 0 saturated carbocycles. The van der Waals surface area contributed by atoms with Gasteiger partial charge in [0.1, 0.15) is 0 Å². The van der Waals surface area contributed by atoms with Crippen molar-refractivity contribution in [2.24, 2.45) is 0 Å². The van der Waals surface area contributed by atoms with E-state index in [1.165, 1.54) is 0 Å². The van der Waals surface area contributed by atoms with E-state index in [1.54, 1.807) is 24.4 Å². The van der Waals surface area contributed by atoms with Crippen LogP contribution >= 0.6 is 0 Å². The molecule has 0 saturated heterocycles. The molecule has 0 aliphatic heterocycles. The summed E-state index contributed by atoms with van der Waals surface area (Å²) >= 11 is 0. The van der Waals surface area contributed by atoms with Gasteiger partial charge in [0.2, 0.25) is 0 Å². The Morgan fingerprint density at radius 3 is 2.57 bits per heavy atom. The van der Waals surface area contributed by atoms with Gasteiger partial charge in [-0.15, -0.1) is 0 Å². The minimum Gasteiger partial charge on any atom is -0.318 e. The van der Waals surface area contributed by atoms with Gasteiger partial charge in [-0.05, 0) is 43.7 Å². The molecule has 6 heteroatoms. The lowest BCUT2D eigenvalue weighted by Crippen LogP contribution is -2.29. The number of carbonyl (C=O) groups excluding carboxylic acids is 2. The molecule has 23 heavy (non-hydrogen) atoms. The van der Waals surface area contributed by atoms with Gasteiger partial charge >= 0.3 is 11.8 Å². The Morgan fingerprint density at radius 1 is 1.00 bits per heavy atom. The summed E-state index contributed by atoms with van der Waals surface area (Å²) in [4.78, 5) is 24.0. The monoisotopic (exact) mass is 308 g/mol. The fourth-order valence-electron chi connectivity index (χ4n) is 2.34. The van der Waals surface area contributed by atoms with Crippen molar-refractivity contribution in [1.82, 2.24) is 10.2 Å². The van der Waals surface area contributed by atoms with Crippen LogP contribution in [0.25, 0.3) is 10.9 Å². The molecule has 0 aliphatic carbocycles. The first-order valence-corrected chi connectivity index (χ1v) is 7.15. The molecule has 0 radical (unpaired) electrons. The van der Waals surface area contributed by atoms with Gasteiger partial charge in [-0.3, -0.25) is 14.7 Å². The summed E-state index contributed by atoms with van der Waals surface area (Å²) in [6.07, 6.45) is 1.69. The first-order chi connectivity index (χ1) is 11.0. The lowest BCUT2D eigenvalue weighted by molar-refractivity contribution is -0.133. The summed E-state index contributed by atoms with van der Waals surface area (Å²) in [6.45, 7) is 3.85. The van der Waals surface area contributed by atoms with Crippen LogP contribution in [0, 0.1) is 13.8 Å². The Bertz CT molecular complexity index is 898. The number of amides is 2. The number of benzene rings is 2. The summed E-state index contributed by atoms with van der Waals surface area (Å²) in [5, 5.41) is 12.9. The second kappa shape index (κ2) is 5.92. The topological polar surface area (TPSA) is 86.9 Å². The summed E-state index contributed by atoms with van der Waals surface area (Å²) < 4.78 is 0. The number of anilines is 2. The van der Waals surface area contributed by atoms with Gasteiger partial charge in [-0.25, -0.2) is 0 Å². The zero-order valence-electron chi connectivity index (χ0n) is 12.8. The van der Waals surface area contributed by atoms with Crippen molar-refractivity contribution in [2.75, 3.05) is 10.6 Å². The van der Waals surface area contributed by atoms with Crippen molar-refractivity contribution < 1.29 is 9.59 Å². The summed E-state index contributed by atoms with van der Waals surface area (Å²) in [5.74, 6) is -1.43. The third-order valence-electron chi connectivity index (χ3n) is 3.54. The van der Waals surface area contributed by atoms with Gasteiger partial charge in [0, 0.05) is 16.8 Å². The lowest BCUT2D eigenvalue weighted by Gasteiger charge is -2.09. The van der Waals surface area contributed by atoms with Crippen LogP contribution in [0.1, 0.15) is 11.1 Å². The van der Waals surface area contributed by atoms with Crippen LogP contribution in [0.5, 0.6) is 0 Å². The predicted octanol–water partition coefficient (Wildman–Crippen LogP) is 2.76. The molecule has 0 unspecified atom stereocenters. The van der Waals surface area contributed by atoms with E-state index in [4.69, 9.17) is 0 Å². The third-order valence-corrected chi connectivity index (χ3v) is 3.54. The molecular formula is C17H16N4O2. The number of aryl methyl sites for hydroxylation is 2. The molecule has 0 bridgehead atoms. The Labute approximate surface area is 132 Å². The molecule has 2 amide bonds. The number of hydrogen-bond donors (Lipinski definition) is 3. The number of nitrogens with one attached hydrogen (secondary N) is 3. The van der Waals surface area contributed by atoms with Gasteiger partial charge in [-0.2, -0.15) is 5.10 Å². The van der Waals surface area contributed by atoms with Gasteiger partial charge in [0.15, 0.2) is 0 Å². The van der Waals surface area contributed by atoms with E-state index >= 15 is 0 Å². The van der Waals surface area contributed by atoms with Gasteiger partial charge in [0.25, 0.3) is 0 Å². The van der Waals surface area contributed by atoms with E-state index in [1.807, 2.05) is 32.0 Å². The first-order valence-electron chi connectivity index (χ1n) is 7.15. The maximum atomic E-state index is 12.0. The number of nitrogens with zero attached hydrogens (tertiary/aromatic N) is 1. The minimum atomic E-state index is -0.719. The molecule has 116 valence electrons. The van der Waals surface area contributed by atoms with Crippen LogP contribution in [0.4, 0.5) is 11.4 Å². The molecule has 2 aromatic carbocycles. The fourth-order valence-corrected chi connectivity index (χ4v) is 2.34. The van der Waals surface area contributed by atoms with E-state index < -0.39 is 11.8 Å². The zero-order chi connectivity index (χ0) is 16.4. The van der Waals surface area contributed by atoms with E-state index in [9.17, 15) is 9.59 Å². The molecule has 3 aromatic rings. The number of aromatic amines is 1. The van der Waals surface area contributed by atoms with E-state index in [0.717, 1.165) is 22.0 Å². The van der Waals surface area contributed by atoms with E-state index in [2.05, 4.69) is 20.8 Å². The highest BCUT2D eigenvalue weighted by Gasteiger charge is 2.15. The van der Waals surface area contributed by atoms with Crippen molar-refractivity contribution in [3.05, 3.63) is 53.7 Å². The molecule has 3 rings (SSSR count). The van der Waals surface area contributed by atoms with Gasteiger partial charge in [0.05, 0.1) is 11.7 Å². The normalized spacial score (nSPS) is 10.5. The number of carbonyl (C=O) groups is 2. The molecule has 0 aliphatic rings. The van der Waals surface area contributed by atoms with Crippen molar-refractivity contribution in [1.29, 1.82) is 0 Å². The van der Waals surface area contributed by atoms with E-state index in [-0.39, 0.29) is 0 Å². The van der Waals surface area contributed by atoms with Crippen molar-refractivity contribution in [3.8, 4) is 0 Å². The molecule has 1 aromatic heterocycles. The minimum absolute atomic E-state index is 0.530. The second-order valence-electron chi connectivity index (χ2n) is 5.40. The molecule has 3 N–H and O–H groups in total. The molecule has 1 heterocycles. The number of rotatable bonds is 2. The van der Waals surface area contributed by atoms with Crippen LogP contribution in [0.15, 0.2) is 42.6 Å². The van der Waals surface area contributed by atoms with Crippen LogP contribution in [0.3, 0.4) is 0 Å². The smallest absolute Gasteiger partial charge is 0.314 e. The van der Waals surface area contributed by atoms with Crippen LogP contribution in [-0.2, 0) is 9.59 Å². The average Bonchev–Trinajstić information content (AvgIpc) is 2.97. The lowest BCUT2D eigenvalue weighted by atomic mass is 10.1. The number of aromatic nitrogens is 2. The second-order valence-corrected chi connectivity index (χ2v) is 5.40. The standard InChI is InChI=1S/C17H16N4O2/c1-10-3-6-14(11(2)7-10)20-17(23)16(22)19-13-5-4-12-9-18-21-15(12)8-13/h3-9H,1-2H3,(H,18,21)(H,19,22)(H,20,23). The largest absolute Gasteiger partial charge is 0.318 e. The maximum Gasteiger partial charge on any atom is 0.314 e. The highest BCUT2D eigenvalue weighted by molar-refractivity contribution is 6.43. The Morgan fingerprint density at radius 2 is 1.78 bits per heavy atom. The molecular weight excluding hydrogens is 292 g/mol. The zero-order valence-corrected chi connectivity index (χ0v) is 12.8. The number of fused-ring (bicyclic) bond motifs is 1. The Kier molecular flexibility index (Phi) is 3.80. The number of hydrogen-bond acceptors (Lipinski definition) is 3. The first kappa shape index (κ1) is 14.8. The predicted molar refractivity (Wildman–Crippen MR) is 89.3 cm³/mol. The fraction of sp³-hybridized carbons (Fsp3) is 0.118. The SMILES string of the molecule is Cc1ccc(NC(=O)C(=O)Nc2ccc3cn[nH]c3c2)c(C)c1. The van der Waals surface area contributed by atoms with Gasteiger partial charge in [-0.1, -0.05) is 17.7 Å². The molecule has 0 fully saturated rings. The van der Waals surface area contributed by atoms with E-state index in [0.29, 0.717) is 11.4 Å².